The fourth-order valence-electron chi connectivity index (χ4n) is 0.885. The van der Waals surface area contributed by atoms with Gasteiger partial charge in [-0.1, -0.05) is 0 Å². The lowest BCUT2D eigenvalue weighted by Crippen LogP contribution is -2.29. The van der Waals surface area contributed by atoms with Crippen LogP contribution in [0.2, 0.25) is 5.28 Å². The molecule has 0 radical (unpaired) electrons. The number of anilines is 1. The molecule has 14 heavy (non-hydrogen) atoms. The zero-order chi connectivity index (χ0) is 10.4. The Kier molecular flexibility index (Phi) is 4.51. The van der Waals surface area contributed by atoms with Gasteiger partial charge in [0, 0.05) is 14.2 Å². The predicted molar refractivity (Wildman–Crippen MR) is 51.1 cm³/mol. The van der Waals surface area contributed by atoms with Gasteiger partial charge in [0.25, 0.3) is 0 Å². The lowest BCUT2D eigenvalue weighted by atomic mass is 10.7. The maximum absolute atomic E-state index is 5.62. The average Bonchev–Trinajstić information content (AvgIpc) is 2.17. The Bertz CT molecular complexity index is 280. The predicted octanol–water partition coefficient (Wildman–Crippen LogP) is 0.539. The first-order valence-corrected chi connectivity index (χ1v) is 4.23. The van der Waals surface area contributed by atoms with Crippen LogP contribution in [0.15, 0.2) is 6.33 Å². The summed E-state index contributed by atoms with van der Waals surface area (Å²) in [5.41, 5.74) is 0. The van der Waals surface area contributed by atoms with Gasteiger partial charge in [-0.3, -0.25) is 4.90 Å². The van der Waals surface area contributed by atoms with Crippen molar-refractivity contribution in [2.45, 2.75) is 0 Å². The van der Waals surface area contributed by atoms with Crippen molar-refractivity contribution in [1.29, 1.82) is 0 Å². The van der Waals surface area contributed by atoms with E-state index < -0.39 is 0 Å². The van der Waals surface area contributed by atoms with E-state index in [4.69, 9.17) is 21.1 Å². The number of ether oxygens (including phenoxy) is 2. The van der Waals surface area contributed by atoms with Crippen molar-refractivity contribution in [2.24, 2.45) is 0 Å². The van der Waals surface area contributed by atoms with E-state index in [9.17, 15) is 0 Å². The smallest absolute Gasteiger partial charge is 0.233 e. The van der Waals surface area contributed by atoms with Gasteiger partial charge in [-0.2, -0.15) is 4.98 Å². The van der Waals surface area contributed by atoms with Gasteiger partial charge < -0.3 is 9.47 Å². The van der Waals surface area contributed by atoms with Crippen LogP contribution in [0.4, 0.5) is 5.95 Å². The third kappa shape index (κ3) is 3.06. The number of rotatable bonds is 5. The minimum absolute atomic E-state index is 0.146. The summed E-state index contributed by atoms with van der Waals surface area (Å²) >= 11 is 5.62. The van der Waals surface area contributed by atoms with E-state index in [1.165, 1.54) is 6.33 Å². The maximum atomic E-state index is 5.62. The molecule has 7 heteroatoms. The van der Waals surface area contributed by atoms with Crippen molar-refractivity contribution in [3.63, 3.8) is 0 Å². The number of aromatic nitrogens is 3. The SMILES string of the molecule is COCN(COC)c1ncnc(Cl)n1. The van der Waals surface area contributed by atoms with Crippen LogP contribution in [0.5, 0.6) is 0 Å². The summed E-state index contributed by atoms with van der Waals surface area (Å²) in [6.45, 7) is 0.655. The van der Waals surface area contributed by atoms with Crippen molar-refractivity contribution in [2.75, 3.05) is 32.6 Å². The third-order valence-electron chi connectivity index (χ3n) is 1.38. The minimum Gasteiger partial charge on any atom is -0.364 e. The molecule has 0 fully saturated rings. The monoisotopic (exact) mass is 218 g/mol. The molecule has 0 unspecified atom stereocenters. The lowest BCUT2D eigenvalue weighted by molar-refractivity contribution is 0.138. The van der Waals surface area contributed by atoms with Crippen LogP contribution >= 0.6 is 11.6 Å². The molecule has 78 valence electrons. The van der Waals surface area contributed by atoms with Crippen LogP contribution < -0.4 is 4.90 Å². The molecule has 0 amide bonds. The van der Waals surface area contributed by atoms with Gasteiger partial charge in [-0.15, -0.1) is 0 Å². The van der Waals surface area contributed by atoms with Crippen LogP contribution in [-0.2, 0) is 9.47 Å². The average molecular weight is 219 g/mol. The molecule has 0 spiro atoms. The molecule has 1 heterocycles. The summed E-state index contributed by atoms with van der Waals surface area (Å²) in [6, 6.07) is 0. The molecule has 0 atom stereocenters. The number of halogens is 1. The zero-order valence-corrected chi connectivity index (χ0v) is 8.73. The summed E-state index contributed by atoms with van der Waals surface area (Å²) in [4.78, 5) is 13.2. The van der Waals surface area contributed by atoms with Crippen LogP contribution in [0, 0.1) is 0 Å². The van der Waals surface area contributed by atoms with Gasteiger partial charge in [-0.05, 0) is 11.6 Å². The van der Waals surface area contributed by atoms with E-state index in [-0.39, 0.29) is 5.28 Å². The van der Waals surface area contributed by atoms with Crippen molar-refractivity contribution in [3.8, 4) is 0 Å². The second kappa shape index (κ2) is 5.69. The van der Waals surface area contributed by atoms with Gasteiger partial charge in [0.05, 0.1) is 0 Å². The highest BCUT2D eigenvalue weighted by Crippen LogP contribution is 2.08. The maximum Gasteiger partial charge on any atom is 0.233 e. The molecule has 1 aromatic heterocycles. The highest BCUT2D eigenvalue weighted by Gasteiger charge is 2.08. The zero-order valence-electron chi connectivity index (χ0n) is 7.97. The van der Waals surface area contributed by atoms with Crippen LogP contribution in [0.3, 0.4) is 0 Å². The summed E-state index contributed by atoms with van der Waals surface area (Å²) < 4.78 is 9.91. The number of nitrogens with zero attached hydrogens (tertiary/aromatic N) is 4. The van der Waals surface area contributed by atoms with Crippen molar-refractivity contribution >= 4 is 17.5 Å². The Morgan fingerprint density at radius 1 is 1.29 bits per heavy atom. The Morgan fingerprint density at radius 3 is 2.43 bits per heavy atom. The van der Waals surface area contributed by atoms with Gasteiger partial charge in [0.2, 0.25) is 11.2 Å². The molecular weight excluding hydrogens is 208 g/mol. The molecule has 1 aromatic rings. The highest BCUT2D eigenvalue weighted by atomic mass is 35.5. The molecule has 0 bridgehead atoms. The topological polar surface area (TPSA) is 60.4 Å². The highest BCUT2D eigenvalue weighted by molar-refractivity contribution is 6.28. The molecule has 6 nitrogen and oxygen atoms in total. The van der Waals surface area contributed by atoms with E-state index in [0.717, 1.165) is 0 Å². The summed E-state index contributed by atoms with van der Waals surface area (Å²) in [7, 11) is 3.15. The van der Waals surface area contributed by atoms with E-state index in [1.54, 1.807) is 19.1 Å². The largest absolute Gasteiger partial charge is 0.364 e. The van der Waals surface area contributed by atoms with Gasteiger partial charge >= 0.3 is 0 Å². The number of methoxy groups -OCH3 is 2. The van der Waals surface area contributed by atoms with Gasteiger partial charge in [-0.25, -0.2) is 9.97 Å². The third-order valence-corrected chi connectivity index (χ3v) is 1.56. The van der Waals surface area contributed by atoms with Gasteiger partial charge in [0.1, 0.15) is 19.8 Å². The van der Waals surface area contributed by atoms with Crippen LogP contribution in [-0.4, -0.2) is 42.6 Å². The molecule has 0 aliphatic heterocycles. The molecule has 0 saturated heterocycles. The fourth-order valence-corrected chi connectivity index (χ4v) is 1.00. The van der Waals surface area contributed by atoms with E-state index in [0.29, 0.717) is 19.4 Å². The van der Waals surface area contributed by atoms with E-state index in [1.807, 2.05) is 0 Å². The summed E-state index contributed by atoms with van der Waals surface area (Å²) in [5, 5.41) is 0.146. The molecule has 0 aliphatic carbocycles. The Balaban J connectivity index is 2.75. The van der Waals surface area contributed by atoms with Crippen molar-refractivity contribution in [1.82, 2.24) is 15.0 Å². The molecular formula is C7H11ClN4O2. The normalized spacial score (nSPS) is 10.2. The Hall–Kier alpha value is -0.980. The standard InChI is InChI=1S/C7H11ClN4O2/c1-13-4-12(5-14-2)7-10-3-9-6(8)11-7/h3H,4-5H2,1-2H3. The van der Waals surface area contributed by atoms with Crippen molar-refractivity contribution < 1.29 is 9.47 Å². The number of hydrogen-bond donors (Lipinski definition) is 0. The molecule has 0 saturated carbocycles. The van der Waals surface area contributed by atoms with Crippen molar-refractivity contribution in [3.05, 3.63) is 11.6 Å². The lowest BCUT2D eigenvalue weighted by Gasteiger charge is -2.19. The fraction of sp³-hybridized carbons (Fsp3) is 0.571. The molecule has 1 rings (SSSR count). The van der Waals surface area contributed by atoms with Crippen LogP contribution in [0.1, 0.15) is 0 Å². The second-order valence-corrected chi connectivity index (χ2v) is 2.77. The first kappa shape index (κ1) is 11.1. The molecule has 0 aromatic carbocycles. The Morgan fingerprint density at radius 2 is 1.93 bits per heavy atom. The van der Waals surface area contributed by atoms with Crippen LogP contribution in [0.25, 0.3) is 0 Å². The first-order chi connectivity index (χ1) is 6.77. The minimum atomic E-state index is 0.146. The quantitative estimate of drug-likeness (QED) is 0.673. The first-order valence-electron chi connectivity index (χ1n) is 3.85. The summed E-state index contributed by atoms with van der Waals surface area (Å²) in [6.07, 6.45) is 1.34. The van der Waals surface area contributed by atoms with Gasteiger partial charge in [0.15, 0.2) is 0 Å². The summed E-state index contributed by atoms with van der Waals surface area (Å²) in [5.74, 6) is 0.425. The Labute approximate surface area is 86.8 Å². The van der Waals surface area contributed by atoms with E-state index >= 15 is 0 Å². The molecule has 0 N–H and O–H groups in total. The van der Waals surface area contributed by atoms with E-state index in [2.05, 4.69) is 15.0 Å². The second-order valence-electron chi connectivity index (χ2n) is 2.43. The molecule has 0 aliphatic rings. The number of hydrogen-bond acceptors (Lipinski definition) is 6.